The lowest BCUT2D eigenvalue weighted by atomic mass is 9.98. The van der Waals surface area contributed by atoms with Gasteiger partial charge in [-0.05, 0) is 25.5 Å². The zero-order chi connectivity index (χ0) is 12.5. The molecular formula is C12H15N5O. The van der Waals surface area contributed by atoms with Crippen LogP contribution >= 0.6 is 0 Å². The fourth-order valence-electron chi connectivity index (χ4n) is 2.21. The molecule has 3 rings (SSSR count). The van der Waals surface area contributed by atoms with Crippen molar-refractivity contribution in [2.75, 3.05) is 13.1 Å². The predicted octanol–water partition coefficient (Wildman–Crippen LogP) is 1.16. The highest BCUT2D eigenvalue weighted by Crippen LogP contribution is 2.27. The summed E-state index contributed by atoms with van der Waals surface area (Å²) >= 11 is 0. The lowest BCUT2D eigenvalue weighted by molar-refractivity contribution is 0.340. The van der Waals surface area contributed by atoms with Crippen LogP contribution in [0.15, 0.2) is 16.8 Å². The van der Waals surface area contributed by atoms with Crippen LogP contribution in [0.25, 0.3) is 11.5 Å². The van der Waals surface area contributed by atoms with Crippen molar-refractivity contribution >= 4 is 0 Å². The van der Waals surface area contributed by atoms with Gasteiger partial charge in [0.2, 0.25) is 11.7 Å². The molecule has 1 aliphatic rings. The topological polar surface area (TPSA) is 76.7 Å². The van der Waals surface area contributed by atoms with E-state index in [1.165, 1.54) is 0 Å². The third-order valence-corrected chi connectivity index (χ3v) is 3.28. The van der Waals surface area contributed by atoms with E-state index in [1.54, 1.807) is 12.3 Å². The molecule has 0 radical (unpaired) electrons. The van der Waals surface area contributed by atoms with Crippen molar-refractivity contribution in [3.05, 3.63) is 24.0 Å². The van der Waals surface area contributed by atoms with Gasteiger partial charge in [0.05, 0.1) is 5.92 Å². The number of aryl methyl sites for hydroxylation is 1. The summed E-state index contributed by atoms with van der Waals surface area (Å²) in [4.78, 5) is 12.8. The van der Waals surface area contributed by atoms with E-state index in [1.807, 2.05) is 6.92 Å². The standard InChI is InChI=1S/C12H15N5O/c1-7-5-13-6-9(7)12-16-11(17-18-12)10-3-4-14-8(2)15-10/h3-4,7,9,13H,5-6H2,1-2H3/t7-,9-/m1/s1. The van der Waals surface area contributed by atoms with E-state index in [-0.39, 0.29) is 0 Å². The zero-order valence-electron chi connectivity index (χ0n) is 10.4. The Balaban J connectivity index is 1.89. The lowest BCUT2D eigenvalue weighted by Gasteiger charge is -2.07. The SMILES string of the molecule is Cc1nccc(-c2noc([C@@H]3CNC[C@H]3C)n2)n1. The summed E-state index contributed by atoms with van der Waals surface area (Å²) in [5.74, 6) is 2.75. The van der Waals surface area contributed by atoms with Gasteiger partial charge in [-0.2, -0.15) is 4.98 Å². The second-order valence-corrected chi connectivity index (χ2v) is 4.69. The Morgan fingerprint density at radius 2 is 2.22 bits per heavy atom. The van der Waals surface area contributed by atoms with Crippen LogP contribution in [-0.4, -0.2) is 33.2 Å². The van der Waals surface area contributed by atoms with E-state index >= 15 is 0 Å². The van der Waals surface area contributed by atoms with E-state index in [0.717, 1.165) is 13.1 Å². The zero-order valence-corrected chi connectivity index (χ0v) is 10.4. The smallest absolute Gasteiger partial charge is 0.231 e. The van der Waals surface area contributed by atoms with Gasteiger partial charge in [-0.25, -0.2) is 9.97 Å². The molecule has 1 saturated heterocycles. The van der Waals surface area contributed by atoms with Crippen LogP contribution in [-0.2, 0) is 0 Å². The van der Waals surface area contributed by atoms with Crippen LogP contribution in [0.5, 0.6) is 0 Å². The molecule has 2 aromatic rings. The number of hydrogen-bond donors (Lipinski definition) is 1. The van der Waals surface area contributed by atoms with Gasteiger partial charge < -0.3 is 9.84 Å². The molecule has 94 valence electrons. The molecule has 6 heteroatoms. The van der Waals surface area contributed by atoms with Crippen molar-refractivity contribution in [3.8, 4) is 11.5 Å². The number of nitrogens with one attached hydrogen (secondary N) is 1. The van der Waals surface area contributed by atoms with Crippen LogP contribution in [0.4, 0.5) is 0 Å². The van der Waals surface area contributed by atoms with Crippen LogP contribution in [0, 0.1) is 12.8 Å². The molecule has 1 fully saturated rings. The third-order valence-electron chi connectivity index (χ3n) is 3.28. The van der Waals surface area contributed by atoms with E-state index in [2.05, 4.69) is 32.3 Å². The maximum absolute atomic E-state index is 5.35. The fraction of sp³-hybridized carbons (Fsp3) is 0.500. The van der Waals surface area contributed by atoms with Gasteiger partial charge in [-0.3, -0.25) is 0 Å². The molecule has 0 aromatic carbocycles. The molecular weight excluding hydrogens is 230 g/mol. The quantitative estimate of drug-likeness (QED) is 0.855. The van der Waals surface area contributed by atoms with Gasteiger partial charge in [-0.15, -0.1) is 0 Å². The molecule has 0 bridgehead atoms. The Labute approximate surface area is 105 Å². The summed E-state index contributed by atoms with van der Waals surface area (Å²) in [6.07, 6.45) is 1.70. The molecule has 2 atom stereocenters. The van der Waals surface area contributed by atoms with Gasteiger partial charge in [0.1, 0.15) is 11.5 Å². The third kappa shape index (κ3) is 1.99. The number of hydrogen-bond acceptors (Lipinski definition) is 6. The molecule has 1 N–H and O–H groups in total. The number of nitrogens with zero attached hydrogens (tertiary/aromatic N) is 4. The van der Waals surface area contributed by atoms with Gasteiger partial charge in [0, 0.05) is 12.7 Å². The summed E-state index contributed by atoms with van der Waals surface area (Å²) in [5, 5.41) is 7.33. The molecule has 0 spiro atoms. The van der Waals surface area contributed by atoms with Crippen molar-refractivity contribution < 1.29 is 4.52 Å². The van der Waals surface area contributed by atoms with Crippen molar-refractivity contribution in [2.24, 2.45) is 5.92 Å². The first-order valence-electron chi connectivity index (χ1n) is 6.08. The van der Waals surface area contributed by atoms with Gasteiger partial charge >= 0.3 is 0 Å². The van der Waals surface area contributed by atoms with Crippen LogP contribution in [0.3, 0.4) is 0 Å². The molecule has 18 heavy (non-hydrogen) atoms. The molecule has 6 nitrogen and oxygen atoms in total. The highest BCUT2D eigenvalue weighted by molar-refractivity contribution is 5.47. The van der Waals surface area contributed by atoms with Gasteiger partial charge in [-0.1, -0.05) is 12.1 Å². The van der Waals surface area contributed by atoms with Crippen molar-refractivity contribution in [1.29, 1.82) is 0 Å². The maximum Gasteiger partial charge on any atom is 0.231 e. The lowest BCUT2D eigenvalue weighted by Crippen LogP contribution is -2.08. The summed E-state index contributed by atoms with van der Waals surface area (Å²) in [5.41, 5.74) is 0.705. The van der Waals surface area contributed by atoms with Crippen molar-refractivity contribution in [1.82, 2.24) is 25.4 Å². The normalized spacial score (nSPS) is 23.4. The Bertz CT molecular complexity index is 553. The van der Waals surface area contributed by atoms with Crippen molar-refractivity contribution in [2.45, 2.75) is 19.8 Å². The monoisotopic (exact) mass is 245 g/mol. The molecule has 0 unspecified atom stereocenters. The summed E-state index contributed by atoms with van der Waals surface area (Å²) in [7, 11) is 0. The molecule has 0 aliphatic carbocycles. The summed E-state index contributed by atoms with van der Waals surface area (Å²) in [6, 6.07) is 1.79. The molecule has 2 aromatic heterocycles. The highest BCUT2D eigenvalue weighted by atomic mass is 16.5. The Kier molecular flexibility index (Phi) is 2.79. The second-order valence-electron chi connectivity index (χ2n) is 4.69. The Hall–Kier alpha value is -1.82. The number of rotatable bonds is 2. The minimum absolute atomic E-state index is 0.300. The second kappa shape index (κ2) is 4.45. The predicted molar refractivity (Wildman–Crippen MR) is 64.8 cm³/mol. The first-order chi connectivity index (χ1) is 8.74. The first-order valence-corrected chi connectivity index (χ1v) is 6.08. The minimum Gasteiger partial charge on any atom is -0.339 e. The average Bonchev–Trinajstić information content (AvgIpc) is 2.97. The molecule has 1 aliphatic heterocycles. The number of aromatic nitrogens is 4. The largest absolute Gasteiger partial charge is 0.339 e. The van der Waals surface area contributed by atoms with Crippen molar-refractivity contribution in [3.63, 3.8) is 0 Å². The van der Waals surface area contributed by atoms with Crippen LogP contribution < -0.4 is 5.32 Å². The van der Waals surface area contributed by atoms with E-state index in [0.29, 0.717) is 35.1 Å². The molecule has 0 amide bonds. The molecule has 0 saturated carbocycles. The van der Waals surface area contributed by atoms with E-state index < -0.39 is 0 Å². The van der Waals surface area contributed by atoms with E-state index in [4.69, 9.17) is 4.52 Å². The average molecular weight is 245 g/mol. The summed E-state index contributed by atoms with van der Waals surface area (Å²) in [6.45, 7) is 5.91. The van der Waals surface area contributed by atoms with Gasteiger partial charge in [0.15, 0.2) is 0 Å². The summed E-state index contributed by atoms with van der Waals surface area (Å²) < 4.78 is 5.35. The maximum atomic E-state index is 5.35. The van der Waals surface area contributed by atoms with E-state index in [9.17, 15) is 0 Å². The Morgan fingerprint density at radius 1 is 1.33 bits per heavy atom. The van der Waals surface area contributed by atoms with Crippen LogP contribution in [0.2, 0.25) is 0 Å². The first kappa shape index (κ1) is 11.3. The fourth-order valence-corrected chi connectivity index (χ4v) is 2.21. The van der Waals surface area contributed by atoms with Gasteiger partial charge in [0.25, 0.3) is 0 Å². The van der Waals surface area contributed by atoms with Crippen LogP contribution in [0.1, 0.15) is 24.6 Å². The highest BCUT2D eigenvalue weighted by Gasteiger charge is 2.29. The minimum atomic E-state index is 0.300. The Morgan fingerprint density at radius 3 is 2.94 bits per heavy atom. The molecule has 3 heterocycles.